The fourth-order valence-corrected chi connectivity index (χ4v) is 2.16. The fraction of sp³-hybridized carbons (Fsp3) is 0.500. The van der Waals surface area contributed by atoms with Gasteiger partial charge in [0, 0.05) is 0 Å². The molecule has 0 aromatic carbocycles. The van der Waals surface area contributed by atoms with Crippen LogP contribution in [0.5, 0.6) is 0 Å². The van der Waals surface area contributed by atoms with Crippen LogP contribution >= 0.6 is 27.7 Å². The van der Waals surface area contributed by atoms with Gasteiger partial charge in [-0.2, -0.15) is 0 Å². The molecule has 0 aromatic heterocycles. The van der Waals surface area contributed by atoms with E-state index in [-0.39, 0.29) is 17.8 Å². The van der Waals surface area contributed by atoms with E-state index in [0.29, 0.717) is 6.61 Å². The number of halogens is 1. The highest BCUT2D eigenvalue weighted by molar-refractivity contribution is 9.14. The number of carbonyl (C=O) groups is 1. The van der Waals surface area contributed by atoms with Gasteiger partial charge in [0.25, 0.3) is 0 Å². The third-order valence-electron chi connectivity index (χ3n) is 1.52. The van der Waals surface area contributed by atoms with E-state index in [4.69, 9.17) is 10.5 Å². The van der Waals surface area contributed by atoms with Gasteiger partial charge in [-0.25, -0.2) is 0 Å². The Hall–Kier alpha value is -0.260. The zero-order valence-corrected chi connectivity index (χ0v) is 11.4. The van der Waals surface area contributed by atoms with E-state index in [1.165, 1.54) is 11.8 Å². The maximum absolute atomic E-state index is 11.2. The Labute approximate surface area is 103 Å². The molecule has 0 amide bonds. The molecule has 0 saturated heterocycles. The monoisotopic (exact) mass is 293 g/mol. The van der Waals surface area contributed by atoms with Crippen LogP contribution in [-0.4, -0.2) is 18.0 Å². The summed E-state index contributed by atoms with van der Waals surface area (Å²) in [5, 5.41) is -0.170. The molecular formula is C10H16BrNO2S. The number of carbonyl (C=O) groups excluding carboxylic acids is 1. The Morgan fingerprint density at radius 2 is 2.33 bits per heavy atom. The molecule has 0 spiro atoms. The smallest absolute Gasteiger partial charge is 0.309 e. The standard InChI is InChI=1S/C10H16BrNO2S/c1-4-8(12)15-10(11)7(3)6-9(13)14-5-2/h4,8H,1,5-6,12H2,2-3H3/b10-7-. The van der Waals surface area contributed by atoms with Gasteiger partial charge in [0.15, 0.2) is 0 Å². The zero-order chi connectivity index (χ0) is 11.8. The van der Waals surface area contributed by atoms with Crippen LogP contribution in [0.4, 0.5) is 0 Å². The first-order valence-electron chi connectivity index (χ1n) is 4.56. The average molecular weight is 294 g/mol. The van der Waals surface area contributed by atoms with Crippen molar-refractivity contribution in [3.05, 3.63) is 22.0 Å². The van der Waals surface area contributed by atoms with Crippen LogP contribution in [0.1, 0.15) is 20.3 Å². The van der Waals surface area contributed by atoms with Crippen LogP contribution in [0.25, 0.3) is 0 Å². The lowest BCUT2D eigenvalue weighted by atomic mass is 10.2. The Morgan fingerprint density at radius 1 is 1.73 bits per heavy atom. The molecule has 2 N–H and O–H groups in total. The normalized spacial score (nSPS) is 14.1. The van der Waals surface area contributed by atoms with Gasteiger partial charge in [0.05, 0.1) is 22.2 Å². The molecule has 15 heavy (non-hydrogen) atoms. The summed E-state index contributed by atoms with van der Waals surface area (Å²) < 4.78 is 5.70. The Kier molecular flexibility index (Phi) is 7.82. The maximum Gasteiger partial charge on any atom is 0.309 e. The van der Waals surface area contributed by atoms with Crippen molar-refractivity contribution in [1.29, 1.82) is 0 Å². The summed E-state index contributed by atoms with van der Waals surface area (Å²) in [6.07, 6.45) is 1.93. The van der Waals surface area contributed by atoms with E-state index in [9.17, 15) is 4.79 Å². The molecule has 0 rings (SSSR count). The molecular weight excluding hydrogens is 278 g/mol. The molecule has 3 nitrogen and oxygen atoms in total. The first-order valence-corrected chi connectivity index (χ1v) is 6.24. The van der Waals surface area contributed by atoms with E-state index in [1.807, 2.05) is 6.92 Å². The van der Waals surface area contributed by atoms with Crippen LogP contribution in [-0.2, 0) is 9.53 Å². The predicted octanol–water partition coefficient (Wildman–Crippen LogP) is 2.77. The zero-order valence-electron chi connectivity index (χ0n) is 8.96. The molecule has 1 unspecified atom stereocenters. The second kappa shape index (κ2) is 7.96. The van der Waals surface area contributed by atoms with E-state index >= 15 is 0 Å². The van der Waals surface area contributed by atoms with Gasteiger partial charge in [-0.1, -0.05) is 17.8 Å². The lowest BCUT2D eigenvalue weighted by molar-refractivity contribution is -0.142. The van der Waals surface area contributed by atoms with Crippen LogP contribution in [0.2, 0.25) is 0 Å². The Balaban J connectivity index is 4.25. The number of nitrogens with two attached hydrogens (primary N) is 1. The van der Waals surface area contributed by atoms with Gasteiger partial charge >= 0.3 is 5.97 Å². The van der Waals surface area contributed by atoms with Gasteiger partial charge in [-0.3, -0.25) is 4.79 Å². The largest absolute Gasteiger partial charge is 0.466 e. The second-order valence-electron chi connectivity index (χ2n) is 2.85. The highest BCUT2D eigenvalue weighted by Crippen LogP contribution is 2.29. The maximum atomic E-state index is 11.2. The van der Waals surface area contributed by atoms with Crippen molar-refractivity contribution in [2.24, 2.45) is 5.73 Å². The molecule has 1 atom stereocenters. The van der Waals surface area contributed by atoms with Crippen LogP contribution in [0, 0.1) is 0 Å². The van der Waals surface area contributed by atoms with Crippen LogP contribution in [0.3, 0.4) is 0 Å². The molecule has 0 heterocycles. The van der Waals surface area contributed by atoms with Crippen molar-refractivity contribution in [1.82, 2.24) is 0 Å². The quantitative estimate of drug-likeness (QED) is 0.465. The number of esters is 1. The first-order chi connectivity index (χ1) is 7.01. The molecule has 86 valence electrons. The number of rotatable bonds is 6. The molecule has 0 aliphatic rings. The summed E-state index contributed by atoms with van der Waals surface area (Å²) in [5.74, 6) is -0.222. The van der Waals surface area contributed by atoms with Crippen molar-refractivity contribution in [3.8, 4) is 0 Å². The minimum absolute atomic E-state index is 0.170. The average Bonchev–Trinajstić information content (AvgIpc) is 2.17. The lowest BCUT2D eigenvalue weighted by Crippen LogP contribution is -2.11. The number of thioether (sulfide) groups is 1. The van der Waals surface area contributed by atoms with E-state index in [1.54, 1.807) is 13.0 Å². The lowest BCUT2D eigenvalue weighted by Gasteiger charge is -2.08. The topological polar surface area (TPSA) is 52.3 Å². The molecule has 0 aromatic rings. The van der Waals surface area contributed by atoms with Crippen LogP contribution in [0.15, 0.2) is 22.0 Å². The highest BCUT2D eigenvalue weighted by atomic mass is 79.9. The van der Waals surface area contributed by atoms with Crippen molar-refractivity contribution >= 4 is 33.7 Å². The number of hydrogen-bond acceptors (Lipinski definition) is 4. The van der Waals surface area contributed by atoms with Crippen LogP contribution < -0.4 is 5.73 Å². The third-order valence-corrected chi connectivity index (χ3v) is 3.78. The van der Waals surface area contributed by atoms with Gasteiger partial charge in [-0.15, -0.1) is 6.58 Å². The van der Waals surface area contributed by atoms with Gasteiger partial charge in [0.1, 0.15) is 0 Å². The Morgan fingerprint density at radius 3 is 2.80 bits per heavy atom. The number of hydrogen-bond donors (Lipinski definition) is 1. The first kappa shape index (κ1) is 14.7. The molecule has 0 radical (unpaired) electrons. The minimum Gasteiger partial charge on any atom is -0.466 e. The molecule has 0 aliphatic carbocycles. The highest BCUT2D eigenvalue weighted by Gasteiger charge is 2.09. The summed E-state index contributed by atoms with van der Waals surface area (Å²) >= 11 is 4.79. The SMILES string of the molecule is C=CC(N)S/C(Br)=C(/C)CC(=O)OCC. The van der Waals surface area contributed by atoms with Gasteiger partial charge in [0.2, 0.25) is 0 Å². The minimum atomic E-state index is -0.222. The Bertz CT molecular complexity index is 266. The summed E-state index contributed by atoms with van der Waals surface area (Å²) in [7, 11) is 0. The summed E-state index contributed by atoms with van der Waals surface area (Å²) in [6.45, 7) is 7.64. The molecule has 0 aliphatic heterocycles. The number of ether oxygens (including phenoxy) is 1. The van der Waals surface area contributed by atoms with Gasteiger partial charge < -0.3 is 10.5 Å². The van der Waals surface area contributed by atoms with Gasteiger partial charge in [-0.05, 0) is 35.4 Å². The van der Waals surface area contributed by atoms with Crippen molar-refractivity contribution in [3.63, 3.8) is 0 Å². The van der Waals surface area contributed by atoms with E-state index in [2.05, 4.69) is 22.5 Å². The van der Waals surface area contributed by atoms with Crippen molar-refractivity contribution < 1.29 is 9.53 Å². The molecule has 0 saturated carbocycles. The molecule has 0 bridgehead atoms. The third kappa shape index (κ3) is 6.76. The summed E-state index contributed by atoms with van der Waals surface area (Å²) in [5.41, 5.74) is 6.58. The predicted molar refractivity (Wildman–Crippen MR) is 68.6 cm³/mol. The summed E-state index contributed by atoms with van der Waals surface area (Å²) in [6, 6.07) is 0. The van der Waals surface area contributed by atoms with Crippen molar-refractivity contribution in [2.45, 2.75) is 25.6 Å². The second-order valence-corrected chi connectivity index (χ2v) is 5.36. The fourth-order valence-electron chi connectivity index (χ4n) is 0.766. The molecule has 5 heteroatoms. The van der Waals surface area contributed by atoms with Crippen molar-refractivity contribution in [2.75, 3.05) is 6.61 Å². The molecule has 0 fully saturated rings. The van der Waals surface area contributed by atoms with E-state index in [0.717, 1.165) is 9.39 Å². The summed E-state index contributed by atoms with van der Waals surface area (Å²) in [4.78, 5) is 11.2. The van der Waals surface area contributed by atoms with E-state index < -0.39 is 0 Å².